The molecule has 0 spiro atoms. The molecule has 4 heteroatoms. The van der Waals surface area contributed by atoms with Gasteiger partial charge in [0.2, 0.25) is 0 Å². The van der Waals surface area contributed by atoms with E-state index in [4.69, 9.17) is 4.74 Å². The highest BCUT2D eigenvalue weighted by atomic mass is 16.5. The van der Waals surface area contributed by atoms with Crippen LogP contribution in [-0.2, 0) is 17.8 Å². The van der Waals surface area contributed by atoms with Crippen molar-refractivity contribution in [3.8, 4) is 5.75 Å². The highest BCUT2D eigenvalue weighted by Crippen LogP contribution is 2.29. The molecule has 1 aromatic carbocycles. The zero-order valence-corrected chi connectivity index (χ0v) is 15.2. The zero-order chi connectivity index (χ0) is 17.7. The van der Waals surface area contributed by atoms with E-state index in [-0.39, 0.29) is 5.60 Å². The highest BCUT2D eigenvalue weighted by molar-refractivity contribution is 5.26. The third-order valence-corrected chi connectivity index (χ3v) is 4.81. The van der Waals surface area contributed by atoms with Crippen molar-refractivity contribution in [2.75, 3.05) is 13.2 Å². The normalized spacial score (nSPS) is 19.9. The van der Waals surface area contributed by atoms with E-state index < -0.39 is 0 Å². The molecule has 3 rings (SSSR count). The Morgan fingerprint density at radius 3 is 2.36 bits per heavy atom. The van der Waals surface area contributed by atoms with Gasteiger partial charge in [-0.15, -0.1) is 0 Å². The van der Waals surface area contributed by atoms with Crippen LogP contribution in [0, 0.1) is 5.92 Å². The summed E-state index contributed by atoms with van der Waals surface area (Å²) in [6.07, 6.45) is 5.92. The maximum atomic E-state index is 9.51. The second-order valence-electron chi connectivity index (χ2n) is 7.66. The Balaban J connectivity index is 1.70. The summed E-state index contributed by atoms with van der Waals surface area (Å²) in [6, 6.07) is 11.7. The van der Waals surface area contributed by atoms with Gasteiger partial charge in [-0.3, -0.25) is 9.88 Å². The van der Waals surface area contributed by atoms with Gasteiger partial charge in [0.15, 0.2) is 0 Å². The van der Waals surface area contributed by atoms with Crippen LogP contribution in [-0.4, -0.2) is 33.7 Å². The Morgan fingerprint density at radius 1 is 1.08 bits per heavy atom. The number of benzene rings is 1. The Kier molecular flexibility index (Phi) is 5.71. The topological polar surface area (TPSA) is 45.6 Å². The van der Waals surface area contributed by atoms with E-state index in [1.165, 1.54) is 11.1 Å². The van der Waals surface area contributed by atoms with Crippen LogP contribution in [0.2, 0.25) is 0 Å². The molecule has 0 bridgehead atoms. The lowest BCUT2D eigenvalue weighted by Gasteiger charge is -2.38. The van der Waals surface area contributed by atoms with E-state index >= 15 is 0 Å². The number of aromatic nitrogens is 1. The molecule has 0 amide bonds. The van der Waals surface area contributed by atoms with Gasteiger partial charge in [-0.25, -0.2) is 0 Å². The van der Waals surface area contributed by atoms with Gasteiger partial charge < -0.3 is 9.84 Å². The maximum absolute atomic E-state index is 9.51. The molecule has 1 unspecified atom stereocenters. The molecule has 1 aromatic heterocycles. The fourth-order valence-electron chi connectivity index (χ4n) is 3.67. The smallest absolute Gasteiger partial charge is 0.115 e. The van der Waals surface area contributed by atoms with Crippen molar-refractivity contribution in [3.63, 3.8) is 0 Å². The quantitative estimate of drug-likeness (QED) is 0.863. The predicted molar refractivity (Wildman–Crippen MR) is 99.2 cm³/mol. The minimum absolute atomic E-state index is 0.0240. The van der Waals surface area contributed by atoms with Crippen molar-refractivity contribution in [2.24, 2.45) is 5.92 Å². The van der Waals surface area contributed by atoms with E-state index in [1.807, 2.05) is 24.5 Å². The fraction of sp³-hybridized carbons (Fsp3) is 0.476. The molecule has 1 N–H and O–H groups in total. The van der Waals surface area contributed by atoms with Gasteiger partial charge in [0, 0.05) is 38.6 Å². The molecule has 1 aliphatic heterocycles. The molecular weight excluding hydrogens is 312 g/mol. The lowest BCUT2D eigenvalue weighted by Crippen LogP contribution is -2.39. The third-order valence-electron chi connectivity index (χ3n) is 4.81. The van der Waals surface area contributed by atoms with Gasteiger partial charge in [0.1, 0.15) is 5.75 Å². The largest absolute Gasteiger partial charge is 0.508 e. The predicted octanol–water partition coefficient (Wildman–Crippen LogP) is 3.99. The second kappa shape index (κ2) is 7.98. The Hall–Kier alpha value is -1.91. The molecule has 1 saturated heterocycles. The number of hydrogen-bond acceptors (Lipinski definition) is 4. The first kappa shape index (κ1) is 17.9. The molecule has 1 atom stereocenters. The van der Waals surface area contributed by atoms with E-state index in [0.717, 1.165) is 39.1 Å². The van der Waals surface area contributed by atoms with Crippen LogP contribution in [0.5, 0.6) is 5.75 Å². The summed E-state index contributed by atoms with van der Waals surface area (Å²) in [7, 11) is 0. The zero-order valence-electron chi connectivity index (χ0n) is 15.2. The number of phenols is 1. The van der Waals surface area contributed by atoms with E-state index in [1.54, 1.807) is 12.1 Å². The lowest BCUT2D eigenvalue weighted by molar-refractivity contribution is -0.0774. The van der Waals surface area contributed by atoms with Crippen molar-refractivity contribution < 1.29 is 9.84 Å². The van der Waals surface area contributed by atoms with E-state index in [0.29, 0.717) is 11.7 Å². The molecule has 0 radical (unpaired) electrons. The van der Waals surface area contributed by atoms with Crippen molar-refractivity contribution in [2.45, 2.75) is 45.4 Å². The molecule has 0 aliphatic carbocycles. The van der Waals surface area contributed by atoms with E-state index in [2.05, 4.69) is 35.9 Å². The summed E-state index contributed by atoms with van der Waals surface area (Å²) < 4.78 is 5.87. The number of phenolic OH excluding ortho intramolecular Hbond substituents is 1. The first-order valence-electron chi connectivity index (χ1n) is 9.03. The van der Waals surface area contributed by atoms with E-state index in [9.17, 15) is 5.11 Å². The number of nitrogens with zero attached hydrogens (tertiary/aromatic N) is 2. The summed E-state index contributed by atoms with van der Waals surface area (Å²) in [5, 5.41) is 9.51. The molecule has 0 saturated carbocycles. The standard InChI is InChI=1S/C21H28N2O2/c1-21(2)13-19(9-12-25-21)16-23(15-18-7-10-22-11-8-18)14-17-3-5-20(24)6-4-17/h3-8,10-11,19,24H,9,12-16H2,1-2H3. The van der Waals surface area contributed by atoms with Gasteiger partial charge in [-0.05, 0) is 68.0 Å². The Labute approximate surface area is 150 Å². The van der Waals surface area contributed by atoms with Crippen LogP contribution >= 0.6 is 0 Å². The average Bonchev–Trinajstić information content (AvgIpc) is 2.57. The first-order chi connectivity index (χ1) is 12.0. The van der Waals surface area contributed by atoms with Gasteiger partial charge in [-0.2, -0.15) is 0 Å². The number of pyridine rings is 1. The summed E-state index contributed by atoms with van der Waals surface area (Å²) in [5.74, 6) is 0.957. The van der Waals surface area contributed by atoms with Crippen LogP contribution in [0.3, 0.4) is 0 Å². The molecule has 134 valence electrons. The Bertz CT molecular complexity index is 655. The monoisotopic (exact) mass is 340 g/mol. The van der Waals surface area contributed by atoms with Crippen molar-refractivity contribution in [3.05, 3.63) is 59.9 Å². The summed E-state index contributed by atoms with van der Waals surface area (Å²) in [5.41, 5.74) is 2.47. The molecule has 1 fully saturated rings. The molecule has 25 heavy (non-hydrogen) atoms. The van der Waals surface area contributed by atoms with Gasteiger partial charge in [0.05, 0.1) is 5.60 Å². The molecular formula is C21H28N2O2. The van der Waals surface area contributed by atoms with Crippen LogP contribution in [0.15, 0.2) is 48.8 Å². The number of aromatic hydroxyl groups is 1. The minimum atomic E-state index is -0.0240. The number of ether oxygens (including phenoxy) is 1. The SMILES string of the molecule is CC1(C)CC(CN(Cc2ccncc2)Cc2ccc(O)cc2)CCO1. The average molecular weight is 340 g/mol. The second-order valence-corrected chi connectivity index (χ2v) is 7.66. The Morgan fingerprint density at radius 2 is 1.72 bits per heavy atom. The van der Waals surface area contributed by atoms with Gasteiger partial charge in [0.25, 0.3) is 0 Å². The van der Waals surface area contributed by atoms with Crippen molar-refractivity contribution in [1.29, 1.82) is 0 Å². The van der Waals surface area contributed by atoms with Gasteiger partial charge >= 0.3 is 0 Å². The van der Waals surface area contributed by atoms with Crippen LogP contribution in [0.25, 0.3) is 0 Å². The lowest BCUT2D eigenvalue weighted by atomic mass is 9.88. The van der Waals surface area contributed by atoms with Gasteiger partial charge in [-0.1, -0.05) is 12.1 Å². The van der Waals surface area contributed by atoms with Crippen LogP contribution in [0.1, 0.15) is 37.8 Å². The van der Waals surface area contributed by atoms with Crippen molar-refractivity contribution in [1.82, 2.24) is 9.88 Å². The van der Waals surface area contributed by atoms with Crippen LogP contribution in [0.4, 0.5) is 0 Å². The highest BCUT2D eigenvalue weighted by Gasteiger charge is 2.29. The number of hydrogen-bond donors (Lipinski definition) is 1. The first-order valence-corrected chi connectivity index (χ1v) is 9.03. The summed E-state index contributed by atoms with van der Waals surface area (Å²) in [6.45, 7) is 8.05. The summed E-state index contributed by atoms with van der Waals surface area (Å²) >= 11 is 0. The molecule has 2 heterocycles. The molecule has 4 nitrogen and oxygen atoms in total. The maximum Gasteiger partial charge on any atom is 0.115 e. The van der Waals surface area contributed by atoms with Crippen molar-refractivity contribution >= 4 is 0 Å². The summed E-state index contributed by atoms with van der Waals surface area (Å²) in [4.78, 5) is 6.61. The molecule has 1 aliphatic rings. The fourth-order valence-corrected chi connectivity index (χ4v) is 3.67. The third kappa shape index (κ3) is 5.55. The number of rotatable bonds is 6. The van der Waals surface area contributed by atoms with Crippen LogP contribution < -0.4 is 0 Å². The molecule has 2 aromatic rings. The minimum Gasteiger partial charge on any atom is -0.508 e.